The van der Waals surface area contributed by atoms with E-state index in [2.05, 4.69) is 20.9 Å². The summed E-state index contributed by atoms with van der Waals surface area (Å²) in [6.07, 6.45) is 1.59. The number of thiazole rings is 1. The van der Waals surface area contributed by atoms with E-state index in [1.165, 1.54) is 36.6 Å². The molecule has 1 aromatic heterocycles. The zero-order chi connectivity index (χ0) is 25.3. The van der Waals surface area contributed by atoms with Gasteiger partial charge in [0.15, 0.2) is 10.9 Å². The van der Waals surface area contributed by atoms with Gasteiger partial charge in [-0.25, -0.2) is 4.98 Å². The number of nitrogens with one attached hydrogen (secondary N) is 3. The monoisotopic (exact) mass is 491 g/mol. The van der Waals surface area contributed by atoms with Gasteiger partial charge in [0.25, 0.3) is 0 Å². The lowest BCUT2D eigenvalue weighted by Gasteiger charge is -2.21. The van der Waals surface area contributed by atoms with E-state index in [0.717, 1.165) is 0 Å². The quantitative estimate of drug-likeness (QED) is 0.227. The molecule has 11 nitrogen and oxygen atoms in total. The Balaban J connectivity index is 1.81. The number of ketones is 1. The number of primary amides is 1. The van der Waals surface area contributed by atoms with Crippen LogP contribution in [0.2, 0.25) is 0 Å². The van der Waals surface area contributed by atoms with Gasteiger partial charge in [0, 0.05) is 25.0 Å². The molecule has 3 atom stereocenters. The molecule has 7 N–H and O–H groups in total. The molecule has 0 aliphatic heterocycles. The van der Waals surface area contributed by atoms with Gasteiger partial charge in [-0.15, -0.1) is 0 Å². The van der Waals surface area contributed by atoms with Gasteiger partial charge >= 0.3 is 0 Å². The first-order valence-electron chi connectivity index (χ1n) is 10.6. The number of benzene rings is 1. The summed E-state index contributed by atoms with van der Waals surface area (Å²) >= 11 is 1.23. The van der Waals surface area contributed by atoms with Crippen LogP contribution in [0.5, 0.6) is 5.75 Å². The molecule has 2 rings (SSSR count). The number of carbonyl (C=O) groups is 4. The number of nitrogens with two attached hydrogens (primary N) is 1. The van der Waals surface area contributed by atoms with E-state index in [1.807, 2.05) is 0 Å². The van der Waals surface area contributed by atoms with Crippen LogP contribution in [0.15, 0.2) is 30.5 Å². The predicted octanol–water partition coefficient (Wildman–Crippen LogP) is 0.0657. The number of aliphatic hydroxyl groups excluding tert-OH is 1. The fourth-order valence-corrected chi connectivity index (χ4v) is 3.62. The summed E-state index contributed by atoms with van der Waals surface area (Å²) in [5.74, 6) is -2.65. The van der Waals surface area contributed by atoms with E-state index < -0.39 is 35.7 Å². The molecule has 2 aromatic rings. The van der Waals surface area contributed by atoms with Crippen molar-refractivity contribution in [2.45, 2.75) is 45.4 Å². The molecule has 0 unspecified atom stereocenters. The lowest BCUT2D eigenvalue weighted by Crippen LogP contribution is -2.53. The summed E-state index contributed by atoms with van der Waals surface area (Å²) in [6.45, 7) is 2.88. The molecule has 0 fully saturated rings. The number of hydrogen-bond donors (Lipinski definition) is 6. The first-order valence-corrected chi connectivity index (χ1v) is 11.4. The third-order valence-electron chi connectivity index (χ3n) is 4.92. The van der Waals surface area contributed by atoms with Crippen LogP contribution in [0, 0.1) is 5.92 Å². The topological polar surface area (TPSA) is 184 Å². The second-order valence-corrected chi connectivity index (χ2v) is 8.97. The summed E-state index contributed by atoms with van der Waals surface area (Å²) in [4.78, 5) is 53.6. The van der Waals surface area contributed by atoms with Crippen molar-refractivity contribution in [1.29, 1.82) is 0 Å². The van der Waals surface area contributed by atoms with Crippen LogP contribution >= 0.6 is 11.3 Å². The van der Waals surface area contributed by atoms with Crippen LogP contribution < -0.4 is 21.7 Å². The maximum absolute atomic E-state index is 12.5. The summed E-state index contributed by atoms with van der Waals surface area (Å²) < 4.78 is 0. The fourth-order valence-electron chi connectivity index (χ4n) is 2.95. The first kappa shape index (κ1) is 26.7. The highest BCUT2D eigenvalue weighted by Crippen LogP contribution is 2.17. The second-order valence-electron chi connectivity index (χ2n) is 7.85. The molecule has 0 saturated heterocycles. The summed E-state index contributed by atoms with van der Waals surface area (Å²) in [7, 11) is 0. The van der Waals surface area contributed by atoms with E-state index >= 15 is 0 Å². The Labute approximate surface area is 200 Å². The van der Waals surface area contributed by atoms with Gasteiger partial charge < -0.3 is 31.9 Å². The average Bonchev–Trinajstić information content (AvgIpc) is 3.26. The molecule has 0 bridgehead atoms. The molecule has 184 valence electrons. The molecule has 1 aromatic carbocycles. The van der Waals surface area contributed by atoms with Crippen LogP contribution in [0.1, 0.15) is 30.7 Å². The van der Waals surface area contributed by atoms with Gasteiger partial charge in [-0.2, -0.15) is 0 Å². The van der Waals surface area contributed by atoms with E-state index in [9.17, 15) is 24.3 Å². The third kappa shape index (κ3) is 8.45. The van der Waals surface area contributed by atoms with E-state index in [4.69, 9.17) is 10.8 Å². The fraction of sp³-hybridized carbons (Fsp3) is 0.409. The zero-order valence-electron chi connectivity index (χ0n) is 18.9. The van der Waals surface area contributed by atoms with Crippen LogP contribution in [0.3, 0.4) is 0 Å². The van der Waals surface area contributed by atoms with E-state index in [1.54, 1.807) is 19.1 Å². The van der Waals surface area contributed by atoms with Crippen molar-refractivity contribution >= 4 is 40.0 Å². The van der Waals surface area contributed by atoms with Crippen molar-refractivity contribution < 1.29 is 29.4 Å². The zero-order valence-corrected chi connectivity index (χ0v) is 19.7. The molecule has 0 radical (unpaired) electrons. The number of phenolic OH excluding ortho intramolecular Hbond substituents is 1. The number of carbonyl (C=O) groups excluding carboxylic acids is 4. The molecular weight excluding hydrogens is 462 g/mol. The first-order chi connectivity index (χ1) is 16.1. The van der Waals surface area contributed by atoms with Crippen LogP contribution in [-0.2, 0) is 32.2 Å². The average molecular weight is 492 g/mol. The number of nitrogens with zero attached hydrogens (tertiary/aromatic N) is 1. The number of amides is 3. The van der Waals surface area contributed by atoms with Gasteiger partial charge in [-0.3, -0.25) is 19.2 Å². The molecule has 0 saturated carbocycles. The number of aromatic hydroxyl groups is 1. The Morgan fingerprint density at radius 3 is 2.35 bits per heavy atom. The van der Waals surface area contributed by atoms with Crippen molar-refractivity contribution in [2.24, 2.45) is 11.7 Å². The molecular formula is C22H29N5O6S. The lowest BCUT2D eigenvalue weighted by atomic mass is 10.0. The minimum absolute atomic E-state index is 0.0242. The second kappa shape index (κ2) is 12.7. The SMILES string of the molecule is C[C@H](CC(=O)CNc1ncc(CO)s1)C(=O)N[C@@H](C)C(=O)N[C@@H](Cc1ccc(O)cc1)C(N)=O. The van der Waals surface area contributed by atoms with Crippen molar-refractivity contribution in [2.75, 3.05) is 11.9 Å². The van der Waals surface area contributed by atoms with Crippen molar-refractivity contribution in [1.82, 2.24) is 15.6 Å². The molecule has 12 heteroatoms. The van der Waals surface area contributed by atoms with Crippen LogP contribution in [0.25, 0.3) is 0 Å². The highest BCUT2D eigenvalue weighted by Gasteiger charge is 2.25. The Kier molecular flexibility index (Phi) is 9.95. The van der Waals surface area contributed by atoms with Gasteiger partial charge in [0.05, 0.1) is 18.0 Å². The number of rotatable bonds is 13. The highest BCUT2D eigenvalue weighted by molar-refractivity contribution is 7.15. The molecule has 3 amide bonds. The van der Waals surface area contributed by atoms with E-state index in [0.29, 0.717) is 15.6 Å². The van der Waals surface area contributed by atoms with Gasteiger partial charge in [-0.05, 0) is 24.6 Å². The maximum Gasteiger partial charge on any atom is 0.242 e. The number of Topliss-reactive ketones (excluding diaryl/α,β-unsaturated/α-hetero) is 1. The summed E-state index contributed by atoms with van der Waals surface area (Å²) in [6, 6.07) is 4.17. The number of aliphatic hydroxyl groups is 1. The molecule has 0 aliphatic carbocycles. The third-order valence-corrected chi connectivity index (χ3v) is 5.86. The number of anilines is 1. The number of phenols is 1. The largest absolute Gasteiger partial charge is 0.508 e. The van der Waals surface area contributed by atoms with Gasteiger partial charge in [0.1, 0.15) is 17.8 Å². The molecule has 1 heterocycles. The van der Waals surface area contributed by atoms with Crippen molar-refractivity contribution in [3.8, 4) is 5.75 Å². The molecule has 0 aliphatic rings. The predicted molar refractivity (Wildman–Crippen MR) is 126 cm³/mol. The number of hydrogen-bond acceptors (Lipinski definition) is 9. The Morgan fingerprint density at radius 2 is 1.76 bits per heavy atom. The lowest BCUT2D eigenvalue weighted by molar-refractivity contribution is -0.133. The minimum atomic E-state index is -1.00. The van der Waals surface area contributed by atoms with Gasteiger partial charge in [0.2, 0.25) is 17.7 Å². The molecule has 0 spiro atoms. The van der Waals surface area contributed by atoms with Crippen molar-refractivity contribution in [3.05, 3.63) is 40.9 Å². The van der Waals surface area contributed by atoms with Crippen LogP contribution in [0.4, 0.5) is 5.13 Å². The summed E-state index contributed by atoms with van der Waals surface area (Å²) in [5, 5.41) is 26.8. The minimum Gasteiger partial charge on any atom is -0.508 e. The smallest absolute Gasteiger partial charge is 0.242 e. The normalized spacial score (nSPS) is 13.4. The highest BCUT2D eigenvalue weighted by atomic mass is 32.1. The molecule has 34 heavy (non-hydrogen) atoms. The maximum atomic E-state index is 12.5. The Bertz CT molecular complexity index is 1010. The standard InChI is InChI=1S/C22H29N5O6S/c1-12(7-16(30)9-24-22-25-10-17(11-28)34-22)20(32)26-13(2)21(33)27-18(19(23)31)8-14-3-5-15(29)6-4-14/h3-6,10,12-13,18,28-29H,7-9,11H2,1-2H3,(H2,23,31)(H,24,25)(H,26,32)(H,27,33)/t12-,13+,18+/m1/s1. The van der Waals surface area contributed by atoms with Crippen LogP contribution in [-0.4, -0.2) is 57.3 Å². The summed E-state index contributed by atoms with van der Waals surface area (Å²) in [5.41, 5.74) is 6.08. The van der Waals surface area contributed by atoms with Crippen molar-refractivity contribution in [3.63, 3.8) is 0 Å². The number of aromatic nitrogens is 1. The Hall–Kier alpha value is -3.51. The van der Waals surface area contributed by atoms with Gasteiger partial charge in [-0.1, -0.05) is 30.4 Å². The Morgan fingerprint density at radius 1 is 1.09 bits per heavy atom. The van der Waals surface area contributed by atoms with E-state index in [-0.39, 0.29) is 37.5 Å².